The number of halogens is 3. The van der Waals surface area contributed by atoms with Crippen LogP contribution in [0.25, 0.3) is 0 Å². The first-order valence-corrected chi connectivity index (χ1v) is 3.50. The first kappa shape index (κ1) is 9.06. The highest BCUT2D eigenvalue weighted by Gasteiger charge is 2.15. The quantitative estimate of drug-likeness (QED) is 0.530. The highest BCUT2D eigenvalue weighted by molar-refractivity contribution is 6.33. The fraction of sp³-hybridized carbons (Fsp3) is 0.143. The van der Waals surface area contributed by atoms with E-state index in [0.29, 0.717) is 0 Å². The average molecular weight is 194 g/mol. The summed E-state index contributed by atoms with van der Waals surface area (Å²) in [5, 5.41) is 10.9. The smallest absolute Gasteiger partial charge is 0.189 e. The molecule has 0 saturated carbocycles. The Balaban J connectivity index is 3.39. The Morgan fingerprint density at radius 1 is 1.50 bits per heavy atom. The van der Waals surface area contributed by atoms with Crippen molar-refractivity contribution >= 4 is 17.3 Å². The van der Waals surface area contributed by atoms with Gasteiger partial charge in [0.15, 0.2) is 17.4 Å². The van der Waals surface area contributed by atoms with Gasteiger partial charge in [-0.25, -0.2) is 8.78 Å². The predicted molar refractivity (Wildman–Crippen MR) is 42.6 cm³/mol. The molecule has 0 aliphatic carbocycles. The Morgan fingerprint density at radius 3 is 2.58 bits per heavy atom. The number of rotatable bonds is 1. The van der Waals surface area contributed by atoms with Crippen molar-refractivity contribution in [3.05, 3.63) is 22.7 Å². The summed E-state index contributed by atoms with van der Waals surface area (Å²) in [6, 6.07) is 0.917. The molecule has 0 bridgehead atoms. The van der Waals surface area contributed by atoms with Gasteiger partial charge >= 0.3 is 0 Å². The lowest BCUT2D eigenvalue weighted by molar-refractivity contribution is 0.397. The SMILES string of the molecule is CNc1cc(F)c(O)c(F)c1Cl. The second-order valence-electron chi connectivity index (χ2n) is 2.13. The van der Waals surface area contributed by atoms with Gasteiger partial charge in [0, 0.05) is 13.1 Å². The molecule has 12 heavy (non-hydrogen) atoms. The van der Waals surface area contributed by atoms with Crippen molar-refractivity contribution in [3.8, 4) is 5.75 Å². The molecule has 0 saturated heterocycles. The third kappa shape index (κ3) is 1.30. The van der Waals surface area contributed by atoms with Crippen LogP contribution >= 0.6 is 11.6 Å². The van der Waals surface area contributed by atoms with Crippen LogP contribution in [0.1, 0.15) is 0 Å². The summed E-state index contributed by atoms with van der Waals surface area (Å²) in [5.41, 5.74) is 0.101. The molecule has 0 heterocycles. The number of nitrogens with one attached hydrogen (secondary N) is 1. The summed E-state index contributed by atoms with van der Waals surface area (Å²) in [7, 11) is 1.47. The first-order chi connectivity index (χ1) is 5.57. The van der Waals surface area contributed by atoms with Crippen molar-refractivity contribution in [1.29, 1.82) is 0 Å². The molecular weight excluding hydrogens is 188 g/mol. The maximum absolute atomic E-state index is 12.8. The van der Waals surface area contributed by atoms with Crippen LogP contribution in [0.15, 0.2) is 6.07 Å². The topological polar surface area (TPSA) is 32.3 Å². The molecule has 1 rings (SSSR count). The molecule has 0 unspecified atom stereocenters. The number of benzene rings is 1. The van der Waals surface area contributed by atoms with Crippen molar-refractivity contribution in [2.24, 2.45) is 0 Å². The Bertz CT molecular complexity index is 317. The fourth-order valence-electron chi connectivity index (χ4n) is 0.767. The van der Waals surface area contributed by atoms with Crippen LogP contribution in [-0.2, 0) is 0 Å². The van der Waals surface area contributed by atoms with E-state index in [1.165, 1.54) is 7.05 Å². The summed E-state index contributed by atoms with van der Waals surface area (Å²) >= 11 is 5.41. The van der Waals surface area contributed by atoms with Gasteiger partial charge in [0.1, 0.15) is 5.02 Å². The Kier molecular flexibility index (Phi) is 2.38. The van der Waals surface area contributed by atoms with Crippen LogP contribution < -0.4 is 5.32 Å². The Hall–Kier alpha value is -1.03. The van der Waals surface area contributed by atoms with E-state index in [-0.39, 0.29) is 10.7 Å². The van der Waals surface area contributed by atoms with Crippen LogP contribution in [0.3, 0.4) is 0 Å². The summed E-state index contributed by atoms with van der Waals surface area (Å²) in [5.74, 6) is -3.25. The van der Waals surface area contributed by atoms with Crippen molar-refractivity contribution in [1.82, 2.24) is 0 Å². The molecule has 0 aliphatic rings. The molecule has 66 valence electrons. The summed E-state index contributed by atoms with van der Waals surface area (Å²) < 4.78 is 25.4. The highest BCUT2D eigenvalue weighted by Crippen LogP contribution is 2.32. The zero-order valence-corrected chi connectivity index (χ0v) is 6.91. The van der Waals surface area contributed by atoms with Gasteiger partial charge in [-0.1, -0.05) is 11.6 Å². The average Bonchev–Trinajstić information content (AvgIpc) is 2.08. The van der Waals surface area contributed by atoms with Gasteiger partial charge in [-0.05, 0) is 0 Å². The van der Waals surface area contributed by atoms with Crippen LogP contribution in [0.5, 0.6) is 5.75 Å². The molecule has 0 aromatic heterocycles. The highest BCUT2D eigenvalue weighted by atomic mass is 35.5. The third-order valence-corrected chi connectivity index (χ3v) is 1.77. The van der Waals surface area contributed by atoms with Crippen LogP contribution in [0.2, 0.25) is 5.02 Å². The monoisotopic (exact) mass is 193 g/mol. The van der Waals surface area contributed by atoms with Crippen LogP contribution in [-0.4, -0.2) is 12.2 Å². The van der Waals surface area contributed by atoms with Gasteiger partial charge in [0.25, 0.3) is 0 Å². The Morgan fingerprint density at radius 2 is 2.08 bits per heavy atom. The van der Waals surface area contributed by atoms with Gasteiger partial charge in [-0.15, -0.1) is 0 Å². The molecule has 0 amide bonds. The van der Waals surface area contributed by atoms with Gasteiger partial charge in [-0.2, -0.15) is 0 Å². The number of hydrogen-bond acceptors (Lipinski definition) is 2. The normalized spacial score (nSPS) is 10.0. The Labute approximate surface area is 72.8 Å². The van der Waals surface area contributed by atoms with Crippen LogP contribution in [0, 0.1) is 11.6 Å². The van der Waals surface area contributed by atoms with Crippen LogP contribution in [0.4, 0.5) is 14.5 Å². The standard InChI is InChI=1S/C7H6ClF2NO/c1-11-4-2-3(9)7(12)6(10)5(4)8/h2,11-12H,1H3. The summed E-state index contributed by atoms with van der Waals surface area (Å²) in [6.45, 7) is 0. The van der Waals surface area contributed by atoms with E-state index in [1.807, 2.05) is 0 Å². The second-order valence-corrected chi connectivity index (χ2v) is 2.51. The fourth-order valence-corrected chi connectivity index (χ4v) is 1.01. The van der Waals surface area contributed by atoms with Crippen molar-refractivity contribution < 1.29 is 13.9 Å². The molecule has 5 heteroatoms. The van der Waals surface area contributed by atoms with Gasteiger partial charge in [-0.3, -0.25) is 0 Å². The minimum atomic E-state index is -1.15. The minimum absolute atomic E-state index is 0.101. The van der Waals surface area contributed by atoms with Crippen molar-refractivity contribution in [2.75, 3.05) is 12.4 Å². The van der Waals surface area contributed by atoms with E-state index in [2.05, 4.69) is 5.32 Å². The van der Waals surface area contributed by atoms with E-state index < -0.39 is 17.4 Å². The lowest BCUT2D eigenvalue weighted by atomic mass is 10.2. The van der Waals surface area contributed by atoms with E-state index in [4.69, 9.17) is 16.7 Å². The van der Waals surface area contributed by atoms with Crippen molar-refractivity contribution in [2.45, 2.75) is 0 Å². The van der Waals surface area contributed by atoms with E-state index in [9.17, 15) is 8.78 Å². The number of anilines is 1. The molecule has 0 fully saturated rings. The third-order valence-electron chi connectivity index (χ3n) is 1.40. The summed E-state index contributed by atoms with van der Waals surface area (Å²) in [4.78, 5) is 0. The predicted octanol–water partition coefficient (Wildman–Crippen LogP) is 2.37. The second kappa shape index (κ2) is 3.15. The number of hydrogen-bond donors (Lipinski definition) is 2. The van der Waals surface area contributed by atoms with E-state index in [1.54, 1.807) is 0 Å². The minimum Gasteiger partial charge on any atom is -0.503 e. The van der Waals surface area contributed by atoms with E-state index in [0.717, 1.165) is 6.07 Å². The molecule has 0 aliphatic heterocycles. The molecule has 2 nitrogen and oxygen atoms in total. The first-order valence-electron chi connectivity index (χ1n) is 3.12. The molecule has 1 aromatic carbocycles. The van der Waals surface area contributed by atoms with Gasteiger partial charge < -0.3 is 10.4 Å². The number of phenols is 1. The van der Waals surface area contributed by atoms with Gasteiger partial charge in [0.2, 0.25) is 0 Å². The number of phenolic OH excluding ortho intramolecular Hbond substituents is 1. The van der Waals surface area contributed by atoms with E-state index >= 15 is 0 Å². The molecule has 0 radical (unpaired) electrons. The lowest BCUT2D eigenvalue weighted by Gasteiger charge is -2.05. The molecule has 2 N–H and O–H groups in total. The molecule has 1 aromatic rings. The van der Waals surface area contributed by atoms with Crippen molar-refractivity contribution in [3.63, 3.8) is 0 Å². The molecule has 0 spiro atoms. The zero-order valence-electron chi connectivity index (χ0n) is 6.16. The molecule has 0 atom stereocenters. The lowest BCUT2D eigenvalue weighted by Crippen LogP contribution is -1.94. The zero-order chi connectivity index (χ0) is 9.30. The maximum Gasteiger partial charge on any atom is 0.189 e. The van der Waals surface area contributed by atoms with Gasteiger partial charge in [0.05, 0.1) is 5.69 Å². The molecular formula is C7H6ClF2NO. The largest absolute Gasteiger partial charge is 0.503 e. The number of aromatic hydroxyl groups is 1. The maximum atomic E-state index is 12.8. The summed E-state index contributed by atoms with van der Waals surface area (Å²) in [6.07, 6.45) is 0.